The van der Waals surface area contributed by atoms with E-state index in [1.165, 1.54) is 11.8 Å². The van der Waals surface area contributed by atoms with E-state index in [-0.39, 0.29) is 11.9 Å². The molecule has 2 rings (SSSR count). The average molecular weight is 276 g/mol. The number of ether oxygens (including phenoxy) is 1. The van der Waals surface area contributed by atoms with Crippen molar-refractivity contribution in [1.29, 1.82) is 0 Å². The molecule has 1 heterocycles. The molecule has 1 N–H and O–H groups in total. The van der Waals surface area contributed by atoms with Crippen molar-refractivity contribution < 1.29 is 9.53 Å². The van der Waals surface area contributed by atoms with Gasteiger partial charge in [0.2, 0.25) is 0 Å². The number of aromatic nitrogens is 2. The summed E-state index contributed by atoms with van der Waals surface area (Å²) in [6, 6.07) is 9.68. The molecule has 19 heavy (non-hydrogen) atoms. The third-order valence-corrected chi connectivity index (χ3v) is 3.73. The first-order valence-electron chi connectivity index (χ1n) is 6.08. The lowest BCUT2D eigenvalue weighted by molar-refractivity contribution is -0.148. The second-order valence-corrected chi connectivity index (χ2v) is 5.21. The van der Waals surface area contributed by atoms with Crippen molar-refractivity contribution in [2.45, 2.75) is 18.7 Å². The molecule has 0 aliphatic carbocycles. The van der Waals surface area contributed by atoms with Gasteiger partial charge in [-0.25, -0.2) is 4.98 Å². The number of imidazole rings is 1. The average Bonchev–Trinajstić information content (AvgIpc) is 2.96. The summed E-state index contributed by atoms with van der Waals surface area (Å²) in [6.07, 6.45) is 3.46. The Balaban J connectivity index is 1.73. The minimum atomic E-state index is -0.178. The van der Waals surface area contributed by atoms with Gasteiger partial charge in [0.05, 0.1) is 5.92 Å². The van der Waals surface area contributed by atoms with Gasteiger partial charge in [-0.3, -0.25) is 4.79 Å². The number of rotatable bonds is 6. The molecule has 1 aromatic heterocycles. The lowest BCUT2D eigenvalue weighted by Gasteiger charge is -2.10. The number of H-pyrrole nitrogens is 1. The molecule has 100 valence electrons. The zero-order chi connectivity index (χ0) is 13.5. The van der Waals surface area contributed by atoms with Crippen LogP contribution in [0.4, 0.5) is 0 Å². The maximum Gasteiger partial charge on any atom is 0.309 e. The van der Waals surface area contributed by atoms with Crippen LogP contribution in [-0.2, 0) is 16.1 Å². The van der Waals surface area contributed by atoms with Crippen molar-refractivity contribution in [3.05, 3.63) is 48.3 Å². The highest BCUT2D eigenvalue weighted by atomic mass is 32.2. The van der Waals surface area contributed by atoms with Crippen molar-refractivity contribution in [2.24, 2.45) is 5.92 Å². The first kappa shape index (κ1) is 13.7. The van der Waals surface area contributed by atoms with E-state index in [4.69, 9.17) is 4.74 Å². The number of carbonyl (C=O) groups excluding carboxylic acids is 1. The SMILES string of the molecule is CC(CSc1ncc[nH]1)C(=O)OCc1ccccc1. The number of hydrogen-bond donors (Lipinski definition) is 1. The van der Waals surface area contributed by atoms with E-state index >= 15 is 0 Å². The van der Waals surface area contributed by atoms with Crippen molar-refractivity contribution >= 4 is 17.7 Å². The first-order chi connectivity index (χ1) is 9.25. The smallest absolute Gasteiger partial charge is 0.309 e. The molecule has 0 amide bonds. The fourth-order valence-electron chi connectivity index (χ4n) is 1.47. The molecule has 1 aromatic carbocycles. The molecular weight excluding hydrogens is 260 g/mol. The lowest BCUT2D eigenvalue weighted by atomic mass is 10.2. The predicted octanol–water partition coefficient (Wildman–Crippen LogP) is 2.88. The van der Waals surface area contributed by atoms with Crippen LogP contribution in [0.15, 0.2) is 47.9 Å². The quantitative estimate of drug-likeness (QED) is 0.651. The molecule has 0 bridgehead atoms. The van der Waals surface area contributed by atoms with E-state index in [2.05, 4.69) is 9.97 Å². The molecule has 2 aromatic rings. The van der Waals surface area contributed by atoms with Crippen molar-refractivity contribution in [3.63, 3.8) is 0 Å². The summed E-state index contributed by atoms with van der Waals surface area (Å²) in [5.74, 6) is 0.322. The number of esters is 1. The van der Waals surface area contributed by atoms with Crippen molar-refractivity contribution in [1.82, 2.24) is 9.97 Å². The highest BCUT2D eigenvalue weighted by Gasteiger charge is 2.15. The van der Waals surface area contributed by atoms with Crippen molar-refractivity contribution in [2.75, 3.05) is 5.75 Å². The summed E-state index contributed by atoms with van der Waals surface area (Å²) in [4.78, 5) is 18.9. The van der Waals surface area contributed by atoms with Crippen LogP contribution in [0, 0.1) is 5.92 Å². The number of nitrogens with one attached hydrogen (secondary N) is 1. The normalized spacial score (nSPS) is 12.1. The van der Waals surface area contributed by atoms with Crippen LogP contribution in [0.2, 0.25) is 0 Å². The van der Waals surface area contributed by atoms with Crippen LogP contribution in [0.1, 0.15) is 12.5 Å². The van der Waals surface area contributed by atoms with Gasteiger partial charge in [-0.05, 0) is 5.56 Å². The fourth-order valence-corrected chi connectivity index (χ4v) is 2.30. The Kier molecular flexibility index (Phi) is 5.03. The minimum Gasteiger partial charge on any atom is -0.461 e. The van der Waals surface area contributed by atoms with E-state index in [0.717, 1.165) is 10.7 Å². The van der Waals surface area contributed by atoms with Crippen LogP contribution in [-0.4, -0.2) is 21.7 Å². The number of hydrogen-bond acceptors (Lipinski definition) is 4. The van der Waals surface area contributed by atoms with Crippen molar-refractivity contribution in [3.8, 4) is 0 Å². The second kappa shape index (κ2) is 6.99. The minimum absolute atomic E-state index is 0.154. The number of benzene rings is 1. The number of carbonyl (C=O) groups is 1. The van der Waals surface area contributed by atoms with Gasteiger partial charge in [-0.15, -0.1) is 0 Å². The molecule has 5 heteroatoms. The lowest BCUT2D eigenvalue weighted by Crippen LogP contribution is -2.16. The number of nitrogens with zero attached hydrogens (tertiary/aromatic N) is 1. The summed E-state index contributed by atoms with van der Waals surface area (Å²) in [5.41, 5.74) is 1.00. The molecule has 0 fully saturated rings. The molecule has 1 atom stereocenters. The fraction of sp³-hybridized carbons (Fsp3) is 0.286. The largest absolute Gasteiger partial charge is 0.461 e. The van der Waals surface area contributed by atoms with E-state index < -0.39 is 0 Å². The Bertz CT molecular complexity index is 499. The zero-order valence-electron chi connectivity index (χ0n) is 10.7. The molecule has 4 nitrogen and oxygen atoms in total. The highest BCUT2D eigenvalue weighted by molar-refractivity contribution is 7.99. The molecule has 0 saturated heterocycles. The second-order valence-electron chi connectivity index (χ2n) is 4.20. The predicted molar refractivity (Wildman–Crippen MR) is 74.7 cm³/mol. The third kappa shape index (κ3) is 4.44. The Morgan fingerprint density at radius 2 is 2.21 bits per heavy atom. The maximum absolute atomic E-state index is 11.8. The van der Waals surface area contributed by atoms with Crippen LogP contribution >= 0.6 is 11.8 Å². The topological polar surface area (TPSA) is 55.0 Å². The number of thioether (sulfide) groups is 1. The van der Waals surface area contributed by atoms with E-state index in [1.54, 1.807) is 12.4 Å². The first-order valence-corrected chi connectivity index (χ1v) is 7.07. The van der Waals surface area contributed by atoms with Gasteiger partial charge < -0.3 is 9.72 Å². The van der Waals surface area contributed by atoms with Crippen LogP contribution in [0.3, 0.4) is 0 Å². The Labute approximate surface area is 116 Å². The van der Waals surface area contributed by atoms with E-state index in [0.29, 0.717) is 12.4 Å². The molecule has 0 radical (unpaired) electrons. The van der Waals surface area contributed by atoms with Gasteiger partial charge in [0, 0.05) is 18.1 Å². The molecule has 0 spiro atoms. The van der Waals surface area contributed by atoms with Gasteiger partial charge in [-0.1, -0.05) is 49.0 Å². The van der Waals surface area contributed by atoms with Gasteiger partial charge in [0.1, 0.15) is 6.61 Å². The Hall–Kier alpha value is -1.75. The number of aromatic amines is 1. The summed E-state index contributed by atoms with van der Waals surface area (Å²) >= 11 is 1.52. The Morgan fingerprint density at radius 1 is 1.42 bits per heavy atom. The molecule has 0 saturated carbocycles. The van der Waals surface area contributed by atoms with E-state index in [9.17, 15) is 4.79 Å². The van der Waals surface area contributed by atoms with Gasteiger partial charge >= 0.3 is 5.97 Å². The maximum atomic E-state index is 11.8. The third-order valence-electron chi connectivity index (χ3n) is 2.57. The monoisotopic (exact) mass is 276 g/mol. The van der Waals surface area contributed by atoms with Crippen LogP contribution < -0.4 is 0 Å². The summed E-state index contributed by atoms with van der Waals surface area (Å²) in [6.45, 7) is 2.19. The summed E-state index contributed by atoms with van der Waals surface area (Å²) in [7, 11) is 0. The molecular formula is C14H16N2O2S. The summed E-state index contributed by atoms with van der Waals surface area (Å²) in [5, 5.41) is 0.822. The highest BCUT2D eigenvalue weighted by Crippen LogP contribution is 2.17. The Morgan fingerprint density at radius 3 is 2.89 bits per heavy atom. The standard InChI is InChI=1S/C14H16N2O2S/c1-11(10-19-14-15-7-8-16-14)13(17)18-9-12-5-3-2-4-6-12/h2-8,11H,9-10H2,1H3,(H,15,16). The zero-order valence-corrected chi connectivity index (χ0v) is 11.5. The molecule has 0 aliphatic heterocycles. The molecule has 1 unspecified atom stereocenters. The summed E-state index contributed by atoms with van der Waals surface area (Å²) < 4.78 is 5.28. The van der Waals surface area contributed by atoms with Crippen LogP contribution in [0.25, 0.3) is 0 Å². The van der Waals surface area contributed by atoms with Crippen LogP contribution in [0.5, 0.6) is 0 Å². The molecule has 0 aliphatic rings. The van der Waals surface area contributed by atoms with Gasteiger partial charge in [0.15, 0.2) is 5.16 Å². The van der Waals surface area contributed by atoms with Gasteiger partial charge in [-0.2, -0.15) is 0 Å². The van der Waals surface area contributed by atoms with E-state index in [1.807, 2.05) is 37.3 Å². The van der Waals surface area contributed by atoms with Gasteiger partial charge in [0.25, 0.3) is 0 Å².